The lowest BCUT2D eigenvalue weighted by molar-refractivity contribution is 0.0930. The number of rotatable bonds is 6. The van der Waals surface area contributed by atoms with E-state index in [-0.39, 0.29) is 11.9 Å². The summed E-state index contributed by atoms with van der Waals surface area (Å²) in [5.74, 6) is 0.458. The van der Waals surface area contributed by atoms with E-state index in [9.17, 15) is 4.79 Å². The van der Waals surface area contributed by atoms with Crippen LogP contribution in [0.1, 0.15) is 43.6 Å². The van der Waals surface area contributed by atoms with Crippen molar-refractivity contribution in [3.8, 4) is 11.5 Å². The van der Waals surface area contributed by atoms with Crippen molar-refractivity contribution >= 4 is 16.9 Å². The van der Waals surface area contributed by atoms with Crippen molar-refractivity contribution in [1.82, 2.24) is 25.3 Å². The van der Waals surface area contributed by atoms with E-state index in [0.717, 1.165) is 30.3 Å². The van der Waals surface area contributed by atoms with Crippen LogP contribution in [0.4, 0.5) is 0 Å². The Hall–Kier alpha value is -2.63. The predicted octanol–water partition coefficient (Wildman–Crippen LogP) is 3.26. The summed E-state index contributed by atoms with van der Waals surface area (Å²) in [7, 11) is 0. The van der Waals surface area contributed by atoms with Gasteiger partial charge in [0.15, 0.2) is 5.82 Å². The average Bonchev–Trinajstić information content (AvgIpc) is 3.20. The third-order valence-corrected chi connectivity index (χ3v) is 3.95. The highest BCUT2D eigenvalue weighted by Crippen LogP contribution is 2.21. The summed E-state index contributed by atoms with van der Waals surface area (Å²) in [5.41, 5.74) is 2.77. The molecule has 1 unspecified atom stereocenters. The summed E-state index contributed by atoms with van der Waals surface area (Å²) in [6.45, 7) is 4.19. The number of hydrogen-bond acceptors (Lipinski definition) is 3. The summed E-state index contributed by atoms with van der Waals surface area (Å²) in [6, 6.07) is 7.93. The zero-order valence-corrected chi connectivity index (χ0v) is 13.4. The Kier molecular flexibility index (Phi) is 4.41. The second kappa shape index (κ2) is 6.64. The van der Waals surface area contributed by atoms with Gasteiger partial charge in [-0.3, -0.25) is 4.79 Å². The molecule has 0 spiro atoms. The number of para-hydroxylation sites is 2. The number of amides is 1. The van der Waals surface area contributed by atoms with Crippen molar-refractivity contribution in [1.29, 1.82) is 0 Å². The van der Waals surface area contributed by atoms with E-state index in [1.807, 2.05) is 24.3 Å². The molecule has 23 heavy (non-hydrogen) atoms. The number of carbonyl (C=O) groups is 1. The zero-order valence-electron chi connectivity index (χ0n) is 13.4. The molecule has 1 amide bonds. The maximum absolute atomic E-state index is 12.5. The minimum absolute atomic E-state index is 0.141. The van der Waals surface area contributed by atoms with Crippen LogP contribution in [0.2, 0.25) is 0 Å². The lowest BCUT2D eigenvalue weighted by atomic mass is 10.1. The fourth-order valence-electron chi connectivity index (χ4n) is 2.70. The molecule has 1 aromatic carbocycles. The maximum Gasteiger partial charge on any atom is 0.270 e. The largest absolute Gasteiger partial charge is 0.348 e. The number of nitrogens with one attached hydrogen (secondary N) is 3. The standard InChI is InChI=1S/C17H21N5O/c1-3-7-11(4-2)20-17(23)15-14(18-10-19-15)16-21-12-8-5-6-9-13(12)22-16/h5-6,8-11H,3-4,7H2,1-2H3,(H,18,19)(H,20,23)(H,21,22). The smallest absolute Gasteiger partial charge is 0.270 e. The van der Waals surface area contributed by atoms with Crippen molar-refractivity contribution in [3.63, 3.8) is 0 Å². The molecule has 3 N–H and O–H groups in total. The summed E-state index contributed by atoms with van der Waals surface area (Å²) in [6.07, 6.45) is 4.44. The molecule has 6 nitrogen and oxygen atoms in total. The minimum atomic E-state index is -0.141. The number of hydrogen-bond donors (Lipinski definition) is 3. The van der Waals surface area contributed by atoms with Gasteiger partial charge in [0.05, 0.1) is 17.4 Å². The van der Waals surface area contributed by atoms with Gasteiger partial charge in [-0.2, -0.15) is 0 Å². The monoisotopic (exact) mass is 311 g/mol. The van der Waals surface area contributed by atoms with Gasteiger partial charge in [-0.15, -0.1) is 0 Å². The number of aromatic amines is 2. The Labute approximate surface area is 134 Å². The number of aromatic nitrogens is 4. The summed E-state index contributed by atoms with van der Waals surface area (Å²) < 4.78 is 0. The quantitative estimate of drug-likeness (QED) is 0.653. The van der Waals surface area contributed by atoms with E-state index >= 15 is 0 Å². The Morgan fingerprint density at radius 2 is 2.13 bits per heavy atom. The lowest BCUT2D eigenvalue weighted by Crippen LogP contribution is -2.34. The second-order valence-corrected chi connectivity index (χ2v) is 5.60. The number of benzene rings is 1. The molecular weight excluding hydrogens is 290 g/mol. The molecule has 1 atom stereocenters. The highest BCUT2D eigenvalue weighted by molar-refractivity contribution is 5.98. The van der Waals surface area contributed by atoms with Gasteiger partial charge in [0.2, 0.25) is 0 Å². The fraction of sp³-hybridized carbons (Fsp3) is 0.353. The molecule has 2 heterocycles. The zero-order chi connectivity index (χ0) is 16.2. The van der Waals surface area contributed by atoms with Gasteiger partial charge in [-0.1, -0.05) is 32.4 Å². The van der Waals surface area contributed by atoms with Gasteiger partial charge < -0.3 is 15.3 Å². The number of nitrogens with zero attached hydrogens (tertiary/aromatic N) is 2. The van der Waals surface area contributed by atoms with Gasteiger partial charge in [0, 0.05) is 6.04 Å². The molecule has 0 radical (unpaired) electrons. The first-order valence-corrected chi connectivity index (χ1v) is 8.02. The van der Waals surface area contributed by atoms with Crippen LogP contribution in [-0.4, -0.2) is 31.9 Å². The number of fused-ring (bicyclic) bond motifs is 1. The molecule has 120 valence electrons. The van der Waals surface area contributed by atoms with Crippen molar-refractivity contribution < 1.29 is 4.79 Å². The third kappa shape index (κ3) is 3.11. The Morgan fingerprint density at radius 1 is 1.30 bits per heavy atom. The van der Waals surface area contributed by atoms with Gasteiger partial charge in [0.25, 0.3) is 5.91 Å². The molecule has 2 aromatic heterocycles. The first-order valence-electron chi connectivity index (χ1n) is 8.02. The Bertz CT molecular complexity index is 771. The topological polar surface area (TPSA) is 86.5 Å². The normalized spacial score (nSPS) is 12.4. The van der Waals surface area contributed by atoms with Crippen molar-refractivity contribution in [2.45, 2.75) is 39.2 Å². The number of carbonyl (C=O) groups excluding carboxylic acids is 1. The van der Waals surface area contributed by atoms with Crippen LogP contribution < -0.4 is 5.32 Å². The minimum Gasteiger partial charge on any atom is -0.348 e. The lowest BCUT2D eigenvalue weighted by Gasteiger charge is -2.15. The average molecular weight is 311 g/mol. The summed E-state index contributed by atoms with van der Waals surface area (Å²) in [5, 5.41) is 3.06. The van der Waals surface area contributed by atoms with Crippen molar-refractivity contribution in [3.05, 3.63) is 36.3 Å². The van der Waals surface area contributed by atoms with Gasteiger partial charge in [-0.25, -0.2) is 9.97 Å². The van der Waals surface area contributed by atoms with E-state index in [1.165, 1.54) is 6.33 Å². The molecule has 0 aliphatic rings. The molecule has 0 bridgehead atoms. The van der Waals surface area contributed by atoms with Crippen LogP contribution in [0.5, 0.6) is 0 Å². The maximum atomic E-state index is 12.5. The first kappa shape index (κ1) is 15.3. The van der Waals surface area contributed by atoms with Gasteiger partial charge in [0.1, 0.15) is 11.4 Å². The highest BCUT2D eigenvalue weighted by Gasteiger charge is 2.20. The van der Waals surface area contributed by atoms with E-state index in [2.05, 4.69) is 39.1 Å². The van der Waals surface area contributed by atoms with Gasteiger partial charge >= 0.3 is 0 Å². The van der Waals surface area contributed by atoms with Gasteiger partial charge in [-0.05, 0) is 25.0 Å². The van der Waals surface area contributed by atoms with Crippen LogP contribution >= 0.6 is 0 Å². The Morgan fingerprint density at radius 3 is 2.87 bits per heavy atom. The molecular formula is C17H21N5O. The van der Waals surface area contributed by atoms with Crippen LogP contribution in [0.15, 0.2) is 30.6 Å². The number of H-pyrrole nitrogens is 2. The van der Waals surface area contributed by atoms with Crippen LogP contribution in [0, 0.1) is 0 Å². The third-order valence-electron chi connectivity index (χ3n) is 3.95. The molecule has 6 heteroatoms. The molecule has 0 fully saturated rings. The Balaban J connectivity index is 1.88. The number of imidazole rings is 2. The van der Waals surface area contributed by atoms with Crippen molar-refractivity contribution in [2.75, 3.05) is 0 Å². The van der Waals surface area contributed by atoms with Crippen molar-refractivity contribution in [2.24, 2.45) is 0 Å². The SMILES string of the molecule is CCCC(CC)NC(=O)c1[nH]cnc1-c1nc2ccccc2[nH]1. The van der Waals surface area contributed by atoms with Crippen LogP contribution in [-0.2, 0) is 0 Å². The molecule has 0 aliphatic heterocycles. The van der Waals surface area contributed by atoms with E-state index in [1.54, 1.807) is 0 Å². The fourth-order valence-corrected chi connectivity index (χ4v) is 2.70. The first-order chi connectivity index (χ1) is 11.2. The highest BCUT2D eigenvalue weighted by atomic mass is 16.2. The van der Waals surface area contributed by atoms with E-state index in [0.29, 0.717) is 17.2 Å². The molecule has 0 saturated carbocycles. The summed E-state index contributed by atoms with van der Waals surface area (Å²) in [4.78, 5) is 27.5. The van der Waals surface area contributed by atoms with Crippen LogP contribution in [0.3, 0.4) is 0 Å². The molecule has 0 aliphatic carbocycles. The van der Waals surface area contributed by atoms with Crippen LogP contribution in [0.25, 0.3) is 22.6 Å². The predicted molar refractivity (Wildman–Crippen MR) is 90.1 cm³/mol. The second-order valence-electron chi connectivity index (χ2n) is 5.60. The summed E-state index contributed by atoms with van der Waals surface area (Å²) >= 11 is 0. The van der Waals surface area contributed by atoms with E-state index in [4.69, 9.17) is 0 Å². The molecule has 0 saturated heterocycles. The van der Waals surface area contributed by atoms with E-state index < -0.39 is 0 Å². The molecule has 3 aromatic rings. The molecule has 3 rings (SSSR count).